The second-order valence-electron chi connectivity index (χ2n) is 7.89. The molecular weight excluding hydrogens is 453 g/mol. The molecule has 1 saturated heterocycles. The number of sulfonamides is 1. The number of hydrogen-bond donors (Lipinski definition) is 1. The number of halogens is 2. The van der Waals surface area contributed by atoms with E-state index in [1.165, 1.54) is 22.5 Å². The monoisotopic (exact) mass is 479 g/mol. The van der Waals surface area contributed by atoms with E-state index in [0.29, 0.717) is 26.1 Å². The largest absolute Gasteiger partial charge is 0.444 e. The van der Waals surface area contributed by atoms with Gasteiger partial charge in [-0.3, -0.25) is 4.79 Å². The lowest BCUT2D eigenvalue weighted by Gasteiger charge is -2.34. The van der Waals surface area contributed by atoms with Crippen molar-refractivity contribution in [2.24, 2.45) is 0 Å². The molecule has 2 rings (SSSR count). The summed E-state index contributed by atoms with van der Waals surface area (Å²) in [6.45, 7) is 6.66. The van der Waals surface area contributed by atoms with Gasteiger partial charge < -0.3 is 15.0 Å². The normalized spacial score (nSPS) is 15.7. The Labute approximate surface area is 187 Å². The molecule has 1 fully saturated rings. The minimum absolute atomic E-state index is 0.0740. The molecule has 0 unspecified atom stereocenters. The van der Waals surface area contributed by atoms with Gasteiger partial charge >= 0.3 is 6.09 Å². The van der Waals surface area contributed by atoms with Crippen LogP contribution in [0.5, 0.6) is 0 Å². The van der Waals surface area contributed by atoms with Crippen LogP contribution >= 0.6 is 23.2 Å². The van der Waals surface area contributed by atoms with Gasteiger partial charge in [0, 0.05) is 39.1 Å². The standard InChI is InChI=1S/C19H27Cl2N3O5S/c1-19(2,3)29-18(26)22-8-4-5-17(25)23-9-11-24(12-10-23)30(27,28)14-6-7-15(20)16(21)13-14/h6-7,13H,4-5,8-12H2,1-3H3,(H,22,26). The van der Waals surface area contributed by atoms with Crippen molar-refractivity contribution < 1.29 is 22.7 Å². The Balaban J connectivity index is 1.78. The summed E-state index contributed by atoms with van der Waals surface area (Å²) in [4.78, 5) is 25.7. The van der Waals surface area contributed by atoms with E-state index in [2.05, 4.69) is 5.32 Å². The van der Waals surface area contributed by atoms with Gasteiger partial charge in [-0.25, -0.2) is 13.2 Å². The fraction of sp³-hybridized carbons (Fsp3) is 0.579. The summed E-state index contributed by atoms with van der Waals surface area (Å²) in [5, 5.41) is 3.07. The number of benzene rings is 1. The molecule has 0 aromatic heterocycles. The molecule has 1 aromatic rings. The molecule has 0 atom stereocenters. The van der Waals surface area contributed by atoms with Crippen LogP contribution in [-0.2, 0) is 19.6 Å². The molecule has 0 saturated carbocycles. The van der Waals surface area contributed by atoms with E-state index >= 15 is 0 Å². The summed E-state index contributed by atoms with van der Waals surface area (Å²) < 4.78 is 32.0. The highest BCUT2D eigenvalue weighted by Gasteiger charge is 2.30. The second-order valence-corrected chi connectivity index (χ2v) is 10.6. The summed E-state index contributed by atoms with van der Waals surface area (Å²) in [6.07, 6.45) is 0.214. The van der Waals surface area contributed by atoms with Gasteiger partial charge in [0.1, 0.15) is 5.60 Å². The molecule has 0 spiro atoms. The number of carbonyl (C=O) groups is 2. The summed E-state index contributed by atoms with van der Waals surface area (Å²) >= 11 is 11.8. The zero-order valence-electron chi connectivity index (χ0n) is 17.3. The van der Waals surface area contributed by atoms with E-state index in [9.17, 15) is 18.0 Å². The second kappa shape index (κ2) is 10.2. The number of alkyl carbamates (subject to hydrolysis) is 1. The van der Waals surface area contributed by atoms with Gasteiger partial charge in [0.25, 0.3) is 0 Å². The number of nitrogens with one attached hydrogen (secondary N) is 1. The Kier molecular flexibility index (Phi) is 8.38. The van der Waals surface area contributed by atoms with Crippen LogP contribution in [0.3, 0.4) is 0 Å². The van der Waals surface area contributed by atoms with Gasteiger partial charge in [0.2, 0.25) is 15.9 Å². The van der Waals surface area contributed by atoms with Crippen molar-refractivity contribution in [2.75, 3.05) is 32.7 Å². The average Bonchev–Trinajstić information content (AvgIpc) is 2.66. The van der Waals surface area contributed by atoms with Crippen LogP contribution < -0.4 is 5.32 Å². The van der Waals surface area contributed by atoms with E-state index in [1.807, 2.05) is 0 Å². The van der Waals surface area contributed by atoms with Gasteiger partial charge in [0.05, 0.1) is 14.9 Å². The first kappa shape index (κ1) is 24.7. The number of piperazine rings is 1. The SMILES string of the molecule is CC(C)(C)OC(=O)NCCCC(=O)N1CCN(S(=O)(=O)c2ccc(Cl)c(Cl)c2)CC1. The van der Waals surface area contributed by atoms with E-state index < -0.39 is 21.7 Å². The molecule has 0 radical (unpaired) electrons. The fourth-order valence-electron chi connectivity index (χ4n) is 2.87. The van der Waals surface area contributed by atoms with Gasteiger partial charge in [0.15, 0.2) is 0 Å². The zero-order valence-corrected chi connectivity index (χ0v) is 19.6. The highest BCUT2D eigenvalue weighted by molar-refractivity contribution is 7.89. The summed E-state index contributed by atoms with van der Waals surface area (Å²) in [5.41, 5.74) is -0.572. The smallest absolute Gasteiger partial charge is 0.407 e. The summed E-state index contributed by atoms with van der Waals surface area (Å²) in [6, 6.07) is 4.19. The van der Waals surface area contributed by atoms with E-state index in [4.69, 9.17) is 27.9 Å². The Morgan fingerprint density at radius 1 is 1.10 bits per heavy atom. The molecule has 11 heteroatoms. The van der Waals surface area contributed by atoms with Gasteiger partial charge in [-0.1, -0.05) is 23.2 Å². The van der Waals surface area contributed by atoms with Crippen molar-refractivity contribution in [2.45, 2.75) is 44.1 Å². The third-order valence-electron chi connectivity index (χ3n) is 4.36. The van der Waals surface area contributed by atoms with Crippen LogP contribution in [0.15, 0.2) is 23.1 Å². The maximum absolute atomic E-state index is 12.8. The Hall–Kier alpha value is -1.55. The zero-order chi connectivity index (χ0) is 22.5. The highest BCUT2D eigenvalue weighted by Crippen LogP contribution is 2.27. The van der Waals surface area contributed by atoms with Crippen molar-refractivity contribution in [3.8, 4) is 0 Å². The first-order valence-electron chi connectivity index (χ1n) is 9.60. The number of amides is 2. The molecule has 30 heavy (non-hydrogen) atoms. The summed E-state index contributed by atoms with van der Waals surface area (Å²) in [5.74, 6) is -0.0763. The van der Waals surface area contributed by atoms with Crippen LogP contribution in [-0.4, -0.2) is 67.9 Å². The molecule has 1 aliphatic rings. The average molecular weight is 480 g/mol. The maximum atomic E-state index is 12.8. The Morgan fingerprint density at radius 3 is 2.30 bits per heavy atom. The number of hydrogen-bond acceptors (Lipinski definition) is 5. The minimum atomic E-state index is -3.71. The predicted molar refractivity (Wildman–Crippen MR) is 115 cm³/mol. The summed E-state index contributed by atoms with van der Waals surface area (Å²) in [7, 11) is -3.71. The molecule has 0 aliphatic carbocycles. The lowest BCUT2D eigenvalue weighted by Crippen LogP contribution is -2.50. The first-order valence-corrected chi connectivity index (χ1v) is 11.8. The van der Waals surface area contributed by atoms with Crippen molar-refractivity contribution >= 4 is 45.2 Å². The van der Waals surface area contributed by atoms with Gasteiger partial charge in [-0.15, -0.1) is 0 Å². The molecule has 0 bridgehead atoms. The van der Waals surface area contributed by atoms with Crippen molar-refractivity contribution in [1.82, 2.24) is 14.5 Å². The van der Waals surface area contributed by atoms with E-state index in [-0.39, 0.29) is 40.4 Å². The lowest BCUT2D eigenvalue weighted by molar-refractivity contribution is -0.132. The lowest BCUT2D eigenvalue weighted by atomic mass is 10.2. The van der Waals surface area contributed by atoms with Crippen LogP contribution in [0.25, 0.3) is 0 Å². The van der Waals surface area contributed by atoms with Crippen LogP contribution in [0.1, 0.15) is 33.6 Å². The van der Waals surface area contributed by atoms with Crippen molar-refractivity contribution in [3.05, 3.63) is 28.2 Å². The first-order chi connectivity index (χ1) is 13.9. The topological polar surface area (TPSA) is 96.0 Å². The number of ether oxygens (including phenoxy) is 1. The van der Waals surface area contributed by atoms with Gasteiger partial charge in [-0.2, -0.15) is 4.31 Å². The fourth-order valence-corrected chi connectivity index (χ4v) is 4.68. The molecular formula is C19H27Cl2N3O5S. The molecule has 1 N–H and O–H groups in total. The van der Waals surface area contributed by atoms with Crippen molar-refractivity contribution in [3.63, 3.8) is 0 Å². The predicted octanol–water partition coefficient (Wildman–Crippen LogP) is 3.13. The Morgan fingerprint density at radius 2 is 1.73 bits per heavy atom. The third kappa shape index (κ3) is 7.01. The van der Waals surface area contributed by atoms with E-state index in [1.54, 1.807) is 25.7 Å². The van der Waals surface area contributed by atoms with Crippen LogP contribution in [0.2, 0.25) is 10.0 Å². The van der Waals surface area contributed by atoms with Crippen LogP contribution in [0, 0.1) is 0 Å². The Bertz CT molecular complexity index is 879. The number of rotatable bonds is 6. The van der Waals surface area contributed by atoms with Gasteiger partial charge in [-0.05, 0) is 45.4 Å². The maximum Gasteiger partial charge on any atom is 0.407 e. The highest BCUT2D eigenvalue weighted by atomic mass is 35.5. The van der Waals surface area contributed by atoms with Crippen molar-refractivity contribution in [1.29, 1.82) is 0 Å². The molecule has 8 nitrogen and oxygen atoms in total. The number of carbonyl (C=O) groups excluding carboxylic acids is 2. The molecule has 1 heterocycles. The minimum Gasteiger partial charge on any atom is -0.444 e. The number of nitrogens with zero attached hydrogens (tertiary/aromatic N) is 2. The molecule has 1 aromatic carbocycles. The van der Waals surface area contributed by atoms with E-state index in [0.717, 1.165) is 0 Å². The third-order valence-corrected chi connectivity index (χ3v) is 6.99. The molecule has 168 valence electrons. The molecule has 1 aliphatic heterocycles. The van der Waals surface area contributed by atoms with Crippen LogP contribution in [0.4, 0.5) is 4.79 Å². The quantitative estimate of drug-likeness (QED) is 0.632. The molecule has 2 amide bonds.